The molecule has 94 valence electrons. The summed E-state index contributed by atoms with van der Waals surface area (Å²) in [4.78, 5) is 17.7. The van der Waals surface area contributed by atoms with Crippen LogP contribution < -0.4 is 0 Å². The molecule has 1 unspecified atom stereocenters. The first-order valence-corrected chi connectivity index (χ1v) is 5.91. The van der Waals surface area contributed by atoms with Gasteiger partial charge >= 0.3 is 5.97 Å². The van der Waals surface area contributed by atoms with E-state index in [1.165, 1.54) is 6.33 Å². The van der Waals surface area contributed by atoms with E-state index in [0.29, 0.717) is 13.0 Å². The van der Waals surface area contributed by atoms with Crippen molar-refractivity contribution in [3.63, 3.8) is 0 Å². The van der Waals surface area contributed by atoms with Gasteiger partial charge in [0, 0.05) is 7.05 Å². The van der Waals surface area contributed by atoms with Gasteiger partial charge in [-0.05, 0) is 25.8 Å². The second-order valence-electron chi connectivity index (χ2n) is 4.52. The molecular formula is C11H18N4O2. The van der Waals surface area contributed by atoms with Crippen molar-refractivity contribution in [3.8, 4) is 0 Å². The third-order valence-corrected chi connectivity index (χ3v) is 3.74. The van der Waals surface area contributed by atoms with E-state index in [1.54, 1.807) is 4.68 Å². The van der Waals surface area contributed by atoms with Crippen molar-refractivity contribution in [1.82, 2.24) is 19.7 Å². The van der Waals surface area contributed by atoms with Crippen LogP contribution in [-0.2, 0) is 18.4 Å². The van der Waals surface area contributed by atoms with E-state index in [4.69, 9.17) is 0 Å². The second-order valence-corrected chi connectivity index (χ2v) is 4.52. The lowest BCUT2D eigenvalue weighted by Gasteiger charge is -2.33. The van der Waals surface area contributed by atoms with Gasteiger partial charge in [-0.3, -0.25) is 14.4 Å². The van der Waals surface area contributed by atoms with Crippen molar-refractivity contribution in [2.45, 2.75) is 38.3 Å². The number of likely N-dealkylation sites (tertiary alicyclic amines) is 1. The van der Waals surface area contributed by atoms with Crippen LogP contribution in [0.2, 0.25) is 0 Å². The monoisotopic (exact) mass is 238 g/mol. The zero-order chi connectivity index (χ0) is 12.5. The Bertz CT molecular complexity index is 417. The second kappa shape index (κ2) is 4.44. The van der Waals surface area contributed by atoms with Gasteiger partial charge in [0.2, 0.25) is 0 Å². The number of carboxylic acid groups (broad SMARTS) is 1. The van der Waals surface area contributed by atoms with Crippen molar-refractivity contribution in [2.24, 2.45) is 7.05 Å². The van der Waals surface area contributed by atoms with Crippen LogP contribution >= 0.6 is 0 Å². The largest absolute Gasteiger partial charge is 0.480 e. The van der Waals surface area contributed by atoms with E-state index in [2.05, 4.69) is 10.1 Å². The van der Waals surface area contributed by atoms with Crippen LogP contribution in [0.4, 0.5) is 0 Å². The van der Waals surface area contributed by atoms with Crippen molar-refractivity contribution >= 4 is 5.97 Å². The molecule has 0 aliphatic carbocycles. The summed E-state index contributed by atoms with van der Waals surface area (Å²) in [5.74, 6) is 0.0886. The molecule has 1 aliphatic heterocycles. The van der Waals surface area contributed by atoms with Crippen LogP contribution in [-0.4, -0.2) is 42.8 Å². The van der Waals surface area contributed by atoms with Gasteiger partial charge < -0.3 is 5.11 Å². The highest BCUT2D eigenvalue weighted by Gasteiger charge is 2.46. The minimum absolute atomic E-state index is 0.552. The van der Waals surface area contributed by atoms with E-state index in [-0.39, 0.29) is 0 Å². The van der Waals surface area contributed by atoms with Gasteiger partial charge in [0.05, 0.1) is 6.54 Å². The topological polar surface area (TPSA) is 71.2 Å². The molecule has 0 radical (unpaired) electrons. The van der Waals surface area contributed by atoms with E-state index >= 15 is 0 Å². The first-order valence-electron chi connectivity index (χ1n) is 5.91. The van der Waals surface area contributed by atoms with Crippen molar-refractivity contribution < 1.29 is 9.90 Å². The molecule has 6 nitrogen and oxygen atoms in total. The molecule has 1 aromatic rings. The molecule has 0 amide bonds. The van der Waals surface area contributed by atoms with Gasteiger partial charge in [-0.25, -0.2) is 4.98 Å². The lowest BCUT2D eigenvalue weighted by molar-refractivity contribution is -0.150. The molecule has 1 aliphatic rings. The maximum atomic E-state index is 11.5. The first kappa shape index (κ1) is 12.0. The SMILES string of the molecule is CCC1(C(=O)O)CCCN1Cc1ncnn1C. The van der Waals surface area contributed by atoms with Gasteiger partial charge in [-0.15, -0.1) is 0 Å². The molecule has 1 atom stereocenters. The summed E-state index contributed by atoms with van der Waals surface area (Å²) < 4.78 is 1.70. The van der Waals surface area contributed by atoms with Gasteiger partial charge in [0.25, 0.3) is 0 Å². The molecule has 0 spiro atoms. The summed E-state index contributed by atoms with van der Waals surface area (Å²) in [5, 5.41) is 13.5. The normalized spacial score (nSPS) is 25.3. The molecule has 17 heavy (non-hydrogen) atoms. The third kappa shape index (κ3) is 1.93. The minimum atomic E-state index is -0.723. The average molecular weight is 238 g/mol. The van der Waals surface area contributed by atoms with Crippen LogP contribution in [0.1, 0.15) is 32.0 Å². The smallest absolute Gasteiger partial charge is 0.324 e. The van der Waals surface area contributed by atoms with Crippen LogP contribution in [0.25, 0.3) is 0 Å². The van der Waals surface area contributed by atoms with E-state index in [0.717, 1.165) is 25.2 Å². The number of aromatic nitrogens is 3. The van der Waals surface area contributed by atoms with E-state index in [9.17, 15) is 9.90 Å². The van der Waals surface area contributed by atoms with Crippen molar-refractivity contribution in [2.75, 3.05) is 6.54 Å². The van der Waals surface area contributed by atoms with Gasteiger partial charge in [-0.2, -0.15) is 5.10 Å². The zero-order valence-corrected chi connectivity index (χ0v) is 10.3. The molecule has 6 heteroatoms. The summed E-state index contributed by atoms with van der Waals surface area (Å²) in [6.45, 7) is 3.30. The Morgan fingerprint density at radius 2 is 2.41 bits per heavy atom. The fourth-order valence-electron chi connectivity index (χ4n) is 2.59. The van der Waals surface area contributed by atoms with Crippen molar-refractivity contribution in [1.29, 1.82) is 0 Å². The summed E-state index contributed by atoms with van der Waals surface area (Å²) in [6.07, 6.45) is 3.77. The highest BCUT2D eigenvalue weighted by Crippen LogP contribution is 2.33. The minimum Gasteiger partial charge on any atom is -0.480 e. The maximum Gasteiger partial charge on any atom is 0.324 e. The first-order chi connectivity index (χ1) is 8.10. The third-order valence-electron chi connectivity index (χ3n) is 3.74. The Morgan fingerprint density at radius 1 is 1.65 bits per heavy atom. The van der Waals surface area contributed by atoms with Crippen LogP contribution in [0.3, 0.4) is 0 Å². The summed E-state index contributed by atoms with van der Waals surface area (Å²) in [6, 6.07) is 0. The van der Waals surface area contributed by atoms with Crippen LogP contribution in [0.15, 0.2) is 6.33 Å². The molecule has 1 saturated heterocycles. The van der Waals surface area contributed by atoms with Crippen LogP contribution in [0, 0.1) is 0 Å². The summed E-state index contributed by atoms with van der Waals surface area (Å²) >= 11 is 0. The standard InChI is InChI=1S/C11H18N4O2/c1-3-11(10(16)17)5-4-6-15(11)7-9-12-8-13-14(9)2/h8H,3-7H2,1-2H3,(H,16,17). The summed E-state index contributed by atoms with van der Waals surface area (Å²) in [7, 11) is 1.83. The Kier molecular flexibility index (Phi) is 3.15. The molecule has 0 bridgehead atoms. The molecule has 2 heterocycles. The Morgan fingerprint density at radius 3 is 2.94 bits per heavy atom. The fourth-order valence-corrected chi connectivity index (χ4v) is 2.59. The maximum absolute atomic E-state index is 11.5. The number of carboxylic acids is 1. The van der Waals surface area contributed by atoms with Gasteiger partial charge in [0.15, 0.2) is 0 Å². The Balaban J connectivity index is 2.20. The number of aliphatic carboxylic acids is 1. The molecular weight excluding hydrogens is 220 g/mol. The zero-order valence-electron chi connectivity index (χ0n) is 10.3. The lowest BCUT2D eigenvalue weighted by Crippen LogP contribution is -2.49. The average Bonchev–Trinajstić information content (AvgIpc) is 2.87. The molecule has 1 N–H and O–H groups in total. The van der Waals surface area contributed by atoms with Crippen molar-refractivity contribution in [3.05, 3.63) is 12.2 Å². The highest BCUT2D eigenvalue weighted by molar-refractivity contribution is 5.79. The number of rotatable bonds is 4. The van der Waals surface area contributed by atoms with Gasteiger partial charge in [0.1, 0.15) is 17.7 Å². The lowest BCUT2D eigenvalue weighted by atomic mass is 9.93. The predicted octanol–water partition coefficient (Wildman–Crippen LogP) is 0.644. The molecule has 0 saturated carbocycles. The Hall–Kier alpha value is -1.43. The van der Waals surface area contributed by atoms with E-state index < -0.39 is 11.5 Å². The Labute approximate surface area is 100 Å². The number of hydrogen-bond donors (Lipinski definition) is 1. The quantitative estimate of drug-likeness (QED) is 0.833. The fraction of sp³-hybridized carbons (Fsp3) is 0.727. The number of nitrogens with zero attached hydrogens (tertiary/aromatic N) is 4. The van der Waals surface area contributed by atoms with E-state index in [1.807, 2.05) is 18.9 Å². The van der Waals surface area contributed by atoms with Gasteiger partial charge in [-0.1, -0.05) is 6.92 Å². The highest BCUT2D eigenvalue weighted by atomic mass is 16.4. The molecule has 1 aromatic heterocycles. The number of hydrogen-bond acceptors (Lipinski definition) is 4. The summed E-state index contributed by atoms with van der Waals surface area (Å²) in [5.41, 5.74) is -0.716. The predicted molar refractivity (Wildman–Crippen MR) is 61.3 cm³/mol. The van der Waals surface area contributed by atoms with Crippen LogP contribution in [0.5, 0.6) is 0 Å². The molecule has 0 aromatic carbocycles. The number of carbonyl (C=O) groups is 1. The molecule has 2 rings (SSSR count). The number of aryl methyl sites for hydroxylation is 1. The molecule has 1 fully saturated rings.